The van der Waals surface area contributed by atoms with Crippen molar-refractivity contribution in [2.75, 3.05) is 13.2 Å². The number of fused-ring (bicyclic) bond motifs is 1. The van der Waals surface area contributed by atoms with E-state index in [0.717, 1.165) is 17.5 Å². The third-order valence-corrected chi connectivity index (χ3v) is 3.54. The van der Waals surface area contributed by atoms with Crippen molar-refractivity contribution in [1.82, 2.24) is 5.32 Å². The molecule has 0 aromatic heterocycles. The highest BCUT2D eigenvalue weighted by Crippen LogP contribution is 2.38. The molecule has 1 aliphatic heterocycles. The van der Waals surface area contributed by atoms with Gasteiger partial charge in [0, 0.05) is 29.5 Å². The van der Waals surface area contributed by atoms with Gasteiger partial charge >= 0.3 is 6.18 Å². The molecule has 1 atom stereocenters. The first kappa shape index (κ1) is 15.4. The lowest BCUT2D eigenvalue weighted by molar-refractivity contribution is -0.136. The van der Waals surface area contributed by atoms with Crippen molar-refractivity contribution in [1.29, 1.82) is 0 Å². The number of halogens is 4. The zero-order chi connectivity index (χ0) is 14.8. The number of benzene rings is 1. The molecule has 0 saturated carbocycles. The molecule has 6 heteroatoms. The summed E-state index contributed by atoms with van der Waals surface area (Å²) in [5.74, 6) is 0.697. The van der Waals surface area contributed by atoms with Gasteiger partial charge in [0.2, 0.25) is 0 Å². The van der Waals surface area contributed by atoms with E-state index in [1.165, 1.54) is 0 Å². The average molecular weight is 308 g/mol. The fraction of sp³-hybridized carbons (Fsp3) is 0.571. The lowest BCUT2D eigenvalue weighted by Gasteiger charge is -2.21. The van der Waals surface area contributed by atoms with Crippen LogP contribution in [0.2, 0.25) is 5.02 Å². The summed E-state index contributed by atoms with van der Waals surface area (Å²) in [6, 6.07) is 3.13. The number of alkyl halides is 3. The monoisotopic (exact) mass is 307 g/mol. The third kappa shape index (κ3) is 3.79. The Morgan fingerprint density at radius 1 is 1.40 bits per heavy atom. The summed E-state index contributed by atoms with van der Waals surface area (Å²) < 4.78 is 42.9. The molecule has 112 valence electrons. The van der Waals surface area contributed by atoms with Crippen LogP contribution in [-0.2, 0) is 6.42 Å². The van der Waals surface area contributed by atoms with Gasteiger partial charge in [-0.2, -0.15) is 13.2 Å². The minimum absolute atomic E-state index is 0.0204. The highest BCUT2D eigenvalue weighted by Gasteiger charge is 2.30. The molecule has 1 aromatic rings. The van der Waals surface area contributed by atoms with Gasteiger partial charge in [-0.1, -0.05) is 18.5 Å². The predicted octanol–water partition coefficient (Wildman–Crippen LogP) is 4.27. The molecule has 1 aliphatic rings. The van der Waals surface area contributed by atoms with Crippen LogP contribution in [0.5, 0.6) is 5.75 Å². The summed E-state index contributed by atoms with van der Waals surface area (Å²) in [6.07, 6.45) is -4.25. The van der Waals surface area contributed by atoms with E-state index in [1.54, 1.807) is 6.07 Å². The van der Waals surface area contributed by atoms with Crippen LogP contribution in [0, 0.1) is 0 Å². The van der Waals surface area contributed by atoms with Gasteiger partial charge in [0.05, 0.1) is 6.61 Å². The van der Waals surface area contributed by atoms with E-state index >= 15 is 0 Å². The molecule has 0 bridgehead atoms. The number of ether oxygens (including phenoxy) is 1. The second-order valence-corrected chi connectivity index (χ2v) is 5.28. The van der Waals surface area contributed by atoms with Gasteiger partial charge in [-0.05, 0) is 30.7 Å². The fourth-order valence-electron chi connectivity index (χ4n) is 2.48. The first-order chi connectivity index (χ1) is 9.40. The smallest absolute Gasteiger partial charge is 0.389 e. The van der Waals surface area contributed by atoms with Crippen molar-refractivity contribution < 1.29 is 17.9 Å². The highest BCUT2D eigenvalue weighted by molar-refractivity contribution is 6.30. The second kappa shape index (κ2) is 6.22. The molecule has 1 aromatic carbocycles. The van der Waals surface area contributed by atoms with E-state index in [-0.39, 0.29) is 6.42 Å². The van der Waals surface area contributed by atoms with E-state index in [0.29, 0.717) is 23.9 Å². The standard InChI is InChI=1S/C14H17ClF3NO/c1-2-19-12(3-5-14(16,17)18)11-8-10(15)7-9-4-6-20-13(9)11/h7-8,12,19H,2-6H2,1H3. The molecule has 0 amide bonds. The van der Waals surface area contributed by atoms with Crippen molar-refractivity contribution in [3.8, 4) is 5.75 Å². The first-order valence-electron chi connectivity index (χ1n) is 6.66. The van der Waals surface area contributed by atoms with Crippen LogP contribution in [0.3, 0.4) is 0 Å². The van der Waals surface area contributed by atoms with Crippen LogP contribution < -0.4 is 10.1 Å². The Morgan fingerprint density at radius 2 is 2.15 bits per heavy atom. The Balaban J connectivity index is 2.25. The van der Waals surface area contributed by atoms with Gasteiger partial charge in [0.25, 0.3) is 0 Å². The van der Waals surface area contributed by atoms with Crippen LogP contribution in [0.4, 0.5) is 13.2 Å². The summed E-state index contributed by atoms with van der Waals surface area (Å²) in [5.41, 5.74) is 1.71. The summed E-state index contributed by atoms with van der Waals surface area (Å²) in [5, 5.41) is 3.63. The topological polar surface area (TPSA) is 21.3 Å². The molecule has 20 heavy (non-hydrogen) atoms. The molecule has 0 spiro atoms. The molecule has 0 fully saturated rings. The van der Waals surface area contributed by atoms with Gasteiger partial charge in [-0.15, -0.1) is 0 Å². The zero-order valence-electron chi connectivity index (χ0n) is 11.2. The van der Waals surface area contributed by atoms with E-state index < -0.39 is 18.6 Å². The molecule has 1 N–H and O–H groups in total. The van der Waals surface area contributed by atoms with Gasteiger partial charge < -0.3 is 10.1 Å². The number of hydrogen-bond acceptors (Lipinski definition) is 2. The van der Waals surface area contributed by atoms with Gasteiger partial charge in [0.15, 0.2) is 0 Å². The Bertz CT molecular complexity index is 476. The van der Waals surface area contributed by atoms with Crippen LogP contribution >= 0.6 is 11.6 Å². The van der Waals surface area contributed by atoms with E-state index in [9.17, 15) is 13.2 Å². The van der Waals surface area contributed by atoms with Crippen molar-refractivity contribution in [2.24, 2.45) is 0 Å². The quantitative estimate of drug-likeness (QED) is 0.877. The maximum atomic E-state index is 12.4. The third-order valence-electron chi connectivity index (χ3n) is 3.32. The number of nitrogens with one attached hydrogen (secondary N) is 1. The molecular weight excluding hydrogens is 291 g/mol. The van der Waals surface area contributed by atoms with Crippen LogP contribution in [-0.4, -0.2) is 19.3 Å². The van der Waals surface area contributed by atoms with Crippen molar-refractivity contribution in [3.05, 3.63) is 28.3 Å². The molecule has 0 saturated heterocycles. The molecule has 1 unspecified atom stereocenters. The number of hydrogen-bond donors (Lipinski definition) is 1. The van der Waals surface area contributed by atoms with Crippen molar-refractivity contribution in [3.63, 3.8) is 0 Å². The van der Waals surface area contributed by atoms with Gasteiger partial charge in [-0.3, -0.25) is 0 Å². The Labute approximate surface area is 121 Å². The van der Waals surface area contributed by atoms with Crippen molar-refractivity contribution >= 4 is 11.6 Å². The van der Waals surface area contributed by atoms with E-state index in [1.807, 2.05) is 13.0 Å². The minimum Gasteiger partial charge on any atom is -0.493 e. The normalized spacial score (nSPS) is 15.8. The molecule has 0 radical (unpaired) electrons. The number of rotatable bonds is 5. The van der Waals surface area contributed by atoms with Gasteiger partial charge in [0.1, 0.15) is 5.75 Å². The molecule has 1 heterocycles. The maximum Gasteiger partial charge on any atom is 0.389 e. The fourth-order valence-corrected chi connectivity index (χ4v) is 2.73. The predicted molar refractivity (Wildman–Crippen MR) is 72.4 cm³/mol. The Hall–Kier alpha value is -0.940. The van der Waals surface area contributed by atoms with Gasteiger partial charge in [-0.25, -0.2) is 0 Å². The van der Waals surface area contributed by atoms with Crippen LogP contribution in [0.1, 0.15) is 36.9 Å². The summed E-state index contributed by atoms with van der Waals surface area (Å²) in [4.78, 5) is 0. The Kier molecular flexibility index (Phi) is 4.81. The van der Waals surface area contributed by atoms with Crippen LogP contribution in [0.25, 0.3) is 0 Å². The summed E-state index contributed by atoms with van der Waals surface area (Å²) in [6.45, 7) is 3.01. The van der Waals surface area contributed by atoms with E-state index in [2.05, 4.69) is 5.32 Å². The average Bonchev–Trinajstić information content (AvgIpc) is 2.80. The zero-order valence-corrected chi connectivity index (χ0v) is 11.9. The summed E-state index contributed by atoms with van der Waals surface area (Å²) in [7, 11) is 0. The maximum absolute atomic E-state index is 12.4. The second-order valence-electron chi connectivity index (χ2n) is 4.85. The molecule has 0 aliphatic carbocycles. The lowest BCUT2D eigenvalue weighted by Crippen LogP contribution is -2.23. The van der Waals surface area contributed by atoms with E-state index in [4.69, 9.17) is 16.3 Å². The lowest BCUT2D eigenvalue weighted by atomic mass is 9.98. The first-order valence-corrected chi connectivity index (χ1v) is 7.03. The molecule has 2 nitrogen and oxygen atoms in total. The largest absolute Gasteiger partial charge is 0.493 e. The Morgan fingerprint density at radius 3 is 2.80 bits per heavy atom. The minimum atomic E-state index is -4.16. The van der Waals surface area contributed by atoms with Crippen molar-refractivity contribution in [2.45, 2.75) is 38.4 Å². The summed E-state index contributed by atoms with van der Waals surface area (Å²) >= 11 is 6.06. The highest BCUT2D eigenvalue weighted by atomic mass is 35.5. The SMILES string of the molecule is CCNC(CCC(F)(F)F)c1cc(Cl)cc2c1OCC2. The molecule has 2 rings (SSSR count). The van der Waals surface area contributed by atoms with Crippen LogP contribution in [0.15, 0.2) is 12.1 Å². The molecular formula is C14H17ClF3NO.